The van der Waals surface area contributed by atoms with Gasteiger partial charge in [-0.1, -0.05) is 0 Å². The quantitative estimate of drug-likeness (QED) is 0.645. The molecule has 0 saturated carbocycles. The molecule has 0 radical (unpaired) electrons. The lowest BCUT2D eigenvalue weighted by atomic mass is 10.3. The van der Waals surface area contributed by atoms with Crippen LogP contribution in [0.2, 0.25) is 0 Å². The molecule has 9 nitrogen and oxygen atoms in total. The molecule has 0 aliphatic rings. The number of ether oxygens (including phenoxy) is 1. The van der Waals surface area contributed by atoms with Crippen LogP contribution >= 0.6 is 0 Å². The minimum atomic E-state index is -1.13. The molecule has 1 atom stereocenters. The molecule has 0 bridgehead atoms. The van der Waals surface area contributed by atoms with Crippen molar-refractivity contribution in [3.8, 4) is 6.01 Å². The number of amides is 1. The van der Waals surface area contributed by atoms with Crippen LogP contribution in [0.3, 0.4) is 0 Å². The molecule has 2 aromatic rings. The largest absolute Gasteiger partial charge is 0.467 e. The fraction of sp³-hybridized carbons (Fsp3) is 0.333. The number of furan rings is 1. The number of nitrogens with zero attached hydrogens (tertiary/aromatic N) is 3. The molecular formula is C12H16N6O3. The molecule has 0 spiro atoms. The summed E-state index contributed by atoms with van der Waals surface area (Å²) in [5, 5.41) is 2.94. The molecule has 112 valence electrons. The molecule has 0 saturated heterocycles. The third kappa shape index (κ3) is 3.89. The van der Waals surface area contributed by atoms with E-state index in [0.29, 0.717) is 18.9 Å². The van der Waals surface area contributed by atoms with Gasteiger partial charge in [-0.3, -0.25) is 4.79 Å². The zero-order valence-electron chi connectivity index (χ0n) is 11.4. The van der Waals surface area contributed by atoms with Crippen molar-refractivity contribution in [2.45, 2.75) is 19.5 Å². The molecule has 0 aliphatic carbocycles. The molecule has 1 unspecified atom stereocenters. The van der Waals surface area contributed by atoms with Crippen molar-refractivity contribution in [2.75, 3.05) is 11.9 Å². The van der Waals surface area contributed by atoms with E-state index in [9.17, 15) is 4.79 Å². The summed E-state index contributed by atoms with van der Waals surface area (Å²) in [5.74, 6) is 0.231. The van der Waals surface area contributed by atoms with Gasteiger partial charge in [0, 0.05) is 0 Å². The lowest BCUT2D eigenvalue weighted by molar-refractivity contribution is -0.119. The van der Waals surface area contributed by atoms with Gasteiger partial charge in [-0.05, 0) is 19.1 Å². The fourth-order valence-corrected chi connectivity index (χ4v) is 1.49. The van der Waals surface area contributed by atoms with Crippen molar-refractivity contribution in [3.63, 3.8) is 0 Å². The number of aromatic nitrogens is 3. The van der Waals surface area contributed by atoms with Crippen LogP contribution in [0.5, 0.6) is 6.01 Å². The minimum Gasteiger partial charge on any atom is -0.467 e. The molecule has 21 heavy (non-hydrogen) atoms. The number of carbonyl (C=O) groups excluding carboxylic acids is 1. The number of primary amides is 1. The van der Waals surface area contributed by atoms with E-state index in [4.69, 9.17) is 20.6 Å². The molecule has 5 N–H and O–H groups in total. The van der Waals surface area contributed by atoms with Crippen molar-refractivity contribution in [1.29, 1.82) is 0 Å². The Morgan fingerprint density at radius 1 is 1.48 bits per heavy atom. The molecule has 9 heteroatoms. The Morgan fingerprint density at radius 2 is 2.29 bits per heavy atom. The highest BCUT2D eigenvalue weighted by molar-refractivity contribution is 5.80. The predicted molar refractivity (Wildman–Crippen MR) is 73.2 cm³/mol. The van der Waals surface area contributed by atoms with Crippen LogP contribution in [0.15, 0.2) is 22.8 Å². The van der Waals surface area contributed by atoms with Gasteiger partial charge in [0.15, 0.2) is 5.82 Å². The second-order valence-electron chi connectivity index (χ2n) is 4.05. The van der Waals surface area contributed by atoms with Crippen LogP contribution in [-0.4, -0.2) is 27.5 Å². The predicted octanol–water partition coefficient (Wildman–Crippen LogP) is -0.0395. The van der Waals surface area contributed by atoms with Crippen molar-refractivity contribution >= 4 is 11.9 Å². The Kier molecular flexibility index (Phi) is 4.67. The summed E-state index contributed by atoms with van der Waals surface area (Å²) >= 11 is 0. The first-order valence-corrected chi connectivity index (χ1v) is 6.30. The maximum Gasteiger partial charge on any atom is 0.321 e. The summed E-state index contributed by atoms with van der Waals surface area (Å²) in [4.78, 5) is 23.2. The number of nitrogens with one attached hydrogen (secondary N) is 1. The number of hydrogen-bond donors (Lipinski definition) is 3. The Morgan fingerprint density at radius 3 is 2.90 bits per heavy atom. The van der Waals surface area contributed by atoms with Gasteiger partial charge >= 0.3 is 6.01 Å². The number of nitrogens with two attached hydrogens (primary N) is 2. The summed E-state index contributed by atoms with van der Waals surface area (Å²) in [5.41, 5.74) is 10.8. The highest BCUT2D eigenvalue weighted by Gasteiger charge is 2.18. The van der Waals surface area contributed by atoms with E-state index in [1.165, 1.54) is 0 Å². The van der Waals surface area contributed by atoms with E-state index >= 15 is 0 Å². The highest BCUT2D eigenvalue weighted by atomic mass is 16.5. The number of rotatable bonds is 7. The first-order valence-electron chi connectivity index (χ1n) is 6.30. The number of anilines is 1. The smallest absolute Gasteiger partial charge is 0.321 e. The zero-order valence-corrected chi connectivity index (χ0v) is 11.4. The minimum absolute atomic E-state index is 0.0443. The summed E-state index contributed by atoms with van der Waals surface area (Å²) in [7, 11) is 0. The molecule has 2 heterocycles. The summed E-state index contributed by atoms with van der Waals surface area (Å²) in [6.45, 7) is 2.52. The second-order valence-corrected chi connectivity index (χ2v) is 4.05. The summed E-state index contributed by atoms with van der Waals surface area (Å²) in [6, 6.07) is 2.51. The topological polar surface area (TPSA) is 142 Å². The fourth-order valence-electron chi connectivity index (χ4n) is 1.49. The Hall–Kier alpha value is -2.68. The maximum absolute atomic E-state index is 11.1. The highest BCUT2D eigenvalue weighted by Crippen LogP contribution is 2.13. The zero-order chi connectivity index (χ0) is 15.2. The van der Waals surface area contributed by atoms with Crippen molar-refractivity contribution in [2.24, 2.45) is 11.5 Å². The normalized spacial score (nSPS) is 11.9. The van der Waals surface area contributed by atoms with E-state index in [-0.39, 0.29) is 17.8 Å². The second kappa shape index (κ2) is 6.66. The van der Waals surface area contributed by atoms with Gasteiger partial charge in [0.05, 0.1) is 19.4 Å². The van der Waals surface area contributed by atoms with Crippen LogP contribution in [-0.2, 0) is 11.3 Å². The van der Waals surface area contributed by atoms with Crippen LogP contribution in [0, 0.1) is 0 Å². The van der Waals surface area contributed by atoms with E-state index < -0.39 is 11.9 Å². The Bertz CT molecular complexity index is 601. The van der Waals surface area contributed by atoms with Crippen LogP contribution in [0.4, 0.5) is 5.95 Å². The van der Waals surface area contributed by atoms with E-state index in [1.807, 2.05) is 0 Å². The van der Waals surface area contributed by atoms with Gasteiger partial charge in [-0.25, -0.2) is 0 Å². The lowest BCUT2D eigenvalue weighted by Gasteiger charge is -2.10. The lowest BCUT2D eigenvalue weighted by Crippen LogP contribution is -2.30. The van der Waals surface area contributed by atoms with Gasteiger partial charge in [-0.2, -0.15) is 15.0 Å². The van der Waals surface area contributed by atoms with Crippen LogP contribution < -0.4 is 21.5 Å². The first-order chi connectivity index (χ1) is 10.1. The monoisotopic (exact) mass is 292 g/mol. The van der Waals surface area contributed by atoms with Gasteiger partial charge in [0.1, 0.15) is 11.8 Å². The van der Waals surface area contributed by atoms with Gasteiger partial charge in [0.2, 0.25) is 11.9 Å². The van der Waals surface area contributed by atoms with E-state index in [1.54, 1.807) is 25.3 Å². The summed E-state index contributed by atoms with van der Waals surface area (Å²) < 4.78 is 10.4. The maximum atomic E-state index is 11.1. The SMILES string of the molecule is CCOc1nc(NCc2ccco2)nc(C(N)C(N)=O)n1. The molecule has 2 aromatic heterocycles. The standard InChI is InChI=1S/C12H16N6O3/c1-2-20-12-17-10(8(13)9(14)19)16-11(18-12)15-6-7-4-3-5-21-7/h3-5,8H,2,6,13H2,1H3,(H2,14,19)(H,15,16,17,18). The average Bonchev–Trinajstić information content (AvgIpc) is 2.97. The molecule has 2 rings (SSSR count). The molecule has 1 amide bonds. The van der Waals surface area contributed by atoms with E-state index in [0.717, 1.165) is 0 Å². The summed E-state index contributed by atoms with van der Waals surface area (Å²) in [6.07, 6.45) is 1.56. The Labute approximate surface area is 120 Å². The Balaban J connectivity index is 2.20. The van der Waals surface area contributed by atoms with Crippen LogP contribution in [0.25, 0.3) is 0 Å². The third-order valence-electron chi connectivity index (χ3n) is 2.49. The third-order valence-corrected chi connectivity index (χ3v) is 2.49. The van der Waals surface area contributed by atoms with Crippen molar-refractivity contribution in [3.05, 3.63) is 30.0 Å². The molecular weight excluding hydrogens is 276 g/mol. The first kappa shape index (κ1) is 14.7. The molecule has 0 aromatic carbocycles. The molecule has 0 aliphatic heterocycles. The van der Waals surface area contributed by atoms with Crippen molar-refractivity contribution in [1.82, 2.24) is 15.0 Å². The van der Waals surface area contributed by atoms with Gasteiger partial charge in [0.25, 0.3) is 0 Å². The van der Waals surface area contributed by atoms with Gasteiger partial charge < -0.3 is 25.9 Å². The number of hydrogen-bond acceptors (Lipinski definition) is 8. The molecule has 0 fully saturated rings. The van der Waals surface area contributed by atoms with E-state index in [2.05, 4.69) is 20.3 Å². The number of carbonyl (C=O) groups is 1. The average molecular weight is 292 g/mol. The van der Waals surface area contributed by atoms with Crippen molar-refractivity contribution < 1.29 is 13.9 Å². The van der Waals surface area contributed by atoms with Crippen LogP contribution in [0.1, 0.15) is 24.6 Å². The van der Waals surface area contributed by atoms with Gasteiger partial charge in [-0.15, -0.1) is 0 Å².